The zero-order valence-electron chi connectivity index (χ0n) is 16.2. The second kappa shape index (κ2) is 9.69. The van der Waals surface area contributed by atoms with Gasteiger partial charge in [0.05, 0.1) is 18.7 Å². The molecule has 6 nitrogen and oxygen atoms in total. The molecule has 144 valence electrons. The summed E-state index contributed by atoms with van der Waals surface area (Å²) >= 11 is 0. The maximum Gasteiger partial charge on any atom is 0.234 e. The molecule has 1 aliphatic carbocycles. The topological polar surface area (TPSA) is 70.7 Å². The molecule has 1 saturated carbocycles. The summed E-state index contributed by atoms with van der Waals surface area (Å²) in [5, 5.41) is 6.08. The van der Waals surface area contributed by atoms with E-state index in [-0.39, 0.29) is 29.9 Å². The first-order chi connectivity index (χ1) is 12.4. The molecule has 1 aromatic carbocycles. The Morgan fingerprint density at radius 1 is 1.23 bits per heavy atom. The van der Waals surface area contributed by atoms with Crippen LogP contribution in [0.4, 0.5) is 0 Å². The van der Waals surface area contributed by atoms with E-state index < -0.39 is 0 Å². The van der Waals surface area contributed by atoms with Crippen LogP contribution in [0.3, 0.4) is 0 Å². The van der Waals surface area contributed by atoms with E-state index in [4.69, 9.17) is 4.74 Å². The Bertz CT molecular complexity index is 618. The molecule has 1 aliphatic rings. The minimum atomic E-state index is -0.129. The number of nitrogens with zero attached hydrogens (tertiary/aromatic N) is 1. The van der Waals surface area contributed by atoms with E-state index in [0.717, 1.165) is 18.4 Å². The molecule has 0 unspecified atom stereocenters. The fraction of sp³-hybridized carbons (Fsp3) is 0.600. The van der Waals surface area contributed by atoms with Gasteiger partial charge in [-0.2, -0.15) is 0 Å². The van der Waals surface area contributed by atoms with E-state index in [2.05, 4.69) is 10.6 Å². The van der Waals surface area contributed by atoms with E-state index in [0.29, 0.717) is 19.5 Å². The van der Waals surface area contributed by atoms with Crippen molar-refractivity contribution in [2.24, 2.45) is 5.92 Å². The monoisotopic (exact) mass is 361 g/mol. The number of rotatable bonds is 7. The minimum Gasteiger partial charge on any atom is -0.379 e. The summed E-state index contributed by atoms with van der Waals surface area (Å²) in [4.78, 5) is 26.5. The molecule has 0 aromatic heterocycles. The quantitative estimate of drug-likeness (QED) is 0.772. The molecule has 2 amide bonds. The van der Waals surface area contributed by atoms with Crippen molar-refractivity contribution in [2.75, 3.05) is 27.7 Å². The summed E-state index contributed by atoms with van der Waals surface area (Å²) in [6.07, 6.45) is 2.11. The minimum absolute atomic E-state index is 0.0389. The van der Waals surface area contributed by atoms with E-state index in [1.165, 1.54) is 5.56 Å². The van der Waals surface area contributed by atoms with Gasteiger partial charge in [0.25, 0.3) is 0 Å². The Kier molecular flexibility index (Phi) is 7.60. The number of amides is 2. The number of carbonyl (C=O) groups excluding carboxylic acids is 2. The van der Waals surface area contributed by atoms with Gasteiger partial charge in [-0.3, -0.25) is 9.59 Å². The number of nitrogens with one attached hydrogen (secondary N) is 2. The lowest BCUT2D eigenvalue weighted by Crippen LogP contribution is -2.51. The third-order valence-corrected chi connectivity index (χ3v) is 4.98. The van der Waals surface area contributed by atoms with Gasteiger partial charge in [-0.1, -0.05) is 24.3 Å². The van der Waals surface area contributed by atoms with Gasteiger partial charge in [0.15, 0.2) is 0 Å². The van der Waals surface area contributed by atoms with Crippen molar-refractivity contribution < 1.29 is 14.3 Å². The Morgan fingerprint density at radius 3 is 2.62 bits per heavy atom. The largest absolute Gasteiger partial charge is 0.379 e. The molecule has 0 spiro atoms. The van der Waals surface area contributed by atoms with Gasteiger partial charge in [0.1, 0.15) is 0 Å². The standard InChI is InChI=1S/C20H31N3O3/c1-14-7-5-6-8-16(14)12-21-20(25)15-9-10-18(26-4)17(11-15)22-19(24)13-23(2)3/h5-8,15,17-18H,9-13H2,1-4H3,(H,21,25)(H,22,24)/t15-,17+,18+/m0/s1. The fourth-order valence-corrected chi connectivity index (χ4v) is 3.49. The number of hydrogen-bond acceptors (Lipinski definition) is 4. The molecule has 0 heterocycles. The number of carbonyl (C=O) groups is 2. The van der Waals surface area contributed by atoms with Gasteiger partial charge in [0, 0.05) is 19.6 Å². The van der Waals surface area contributed by atoms with Crippen LogP contribution in [0, 0.1) is 12.8 Å². The molecular formula is C20H31N3O3. The van der Waals surface area contributed by atoms with Gasteiger partial charge in [0.2, 0.25) is 11.8 Å². The zero-order valence-corrected chi connectivity index (χ0v) is 16.2. The van der Waals surface area contributed by atoms with Gasteiger partial charge >= 0.3 is 0 Å². The summed E-state index contributed by atoms with van der Waals surface area (Å²) in [5.74, 6) is -0.0900. The molecule has 0 aliphatic heterocycles. The number of aryl methyl sites for hydroxylation is 1. The van der Waals surface area contributed by atoms with Crippen LogP contribution in [0.1, 0.15) is 30.4 Å². The summed E-state index contributed by atoms with van der Waals surface area (Å²) in [6.45, 7) is 2.91. The Labute approximate surface area is 156 Å². The Morgan fingerprint density at radius 2 is 1.96 bits per heavy atom. The van der Waals surface area contributed by atoms with Crippen LogP contribution in [-0.4, -0.2) is 56.6 Å². The van der Waals surface area contributed by atoms with Crippen LogP contribution in [0.5, 0.6) is 0 Å². The zero-order chi connectivity index (χ0) is 19.1. The second-order valence-corrected chi connectivity index (χ2v) is 7.34. The van der Waals surface area contributed by atoms with Crippen LogP contribution >= 0.6 is 0 Å². The van der Waals surface area contributed by atoms with E-state index in [9.17, 15) is 9.59 Å². The molecule has 0 bridgehead atoms. The highest BCUT2D eigenvalue weighted by atomic mass is 16.5. The molecule has 6 heteroatoms. The maximum absolute atomic E-state index is 12.6. The summed E-state index contributed by atoms with van der Waals surface area (Å²) in [5.41, 5.74) is 2.30. The van der Waals surface area contributed by atoms with E-state index in [1.54, 1.807) is 7.11 Å². The first-order valence-corrected chi connectivity index (χ1v) is 9.19. The van der Waals surface area contributed by atoms with Crippen molar-refractivity contribution in [3.05, 3.63) is 35.4 Å². The molecule has 0 radical (unpaired) electrons. The van der Waals surface area contributed by atoms with Crippen LogP contribution in [0.15, 0.2) is 24.3 Å². The SMILES string of the molecule is CO[C@@H]1CC[C@H](C(=O)NCc2ccccc2C)C[C@H]1NC(=O)CN(C)C. The van der Waals surface area contributed by atoms with Crippen LogP contribution in [0.2, 0.25) is 0 Å². The third kappa shape index (κ3) is 5.81. The van der Waals surface area contributed by atoms with Crippen LogP contribution in [0.25, 0.3) is 0 Å². The number of likely N-dealkylation sites (N-methyl/N-ethyl adjacent to an activating group) is 1. The predicted octanol–water partition coefficient (Wildman–Crippen LogP) is 1.47. The first kappa shape index (κ1) is 20.4. The Balaban J connectivity index is 1.91. The fourth-order valence-electron chi connectivity index (χ4n) is 3.49. The summed E-state index contributed by atoms with van der Waals surface area (Å²) in [6, 6.07) is 7.92. The van der Waals surface area contributed by atoms with Gasteiger partial charge in [-0.05, 0) is 51.4 Å². The van der Waals surface area contributed by atoms with Crippen LogP contribution in [-0.2, 0) is 20.9 Å². The van der Waals surface area contributed by atoms with Gasteiger partial charge < -0.3 is 20.3 Å². The summed E-state index contributed by atoms with van der Waals surface area (Å²) < 4.78 is 5.52. The lowest BCUT2D eigenvalue weighted by Gasteiger charge is -2.35. The third-order valence-electron chi connectivity index (χ3n) is 4.98. The molecule has 1 aromatic rings. The average Bonchev–Trinajstić information content (AvgIpc) is 2.60. The number of methoxy groups -OCH3 is 1. The van der Waals surface area contributed by atoms with Gasteiger partial charge in [-0.15, -0.1) is 0 Å². The van der Waals surface area contributed by atoms with Crippen LogP contribution < -0.4 is 10.6 Å². The molecule has 0 saturated heterocycles. The number of ether oxygens (including phenoxy) is 1. The molecule has 1 fully saturated rings. The average molecular weight is 361 g/mol. The predicted molar refractivity (Wildman–Crippen MR) is 102 cm³/mol. The Hall–Kier alpha value is -1.92. The van der Waals surface area contributed by atoms with Crippen molar-refractivity contribution in [3.63, 3.8) is 0 Å². The second-order valence-electron chi connectivity index (χ2n) is 7.34. The normalized spacial score (nSPS) is 22.9. The molecule has 3 atom stereocenters. The van der Waals surface area contributed by atoms with Crippen molar-refractivity contribution >= 4 is 11.8 Å². The lowest BCUT2D eigenvalue weighted by molar-refractivity contribution is -0.130. The lowest BCUT2D eigenvalue weighted by atomic mass is 9.83. The smallest absolute Gasteiger partial charge is 0.234 e. The number of hydrogen-bond donors (Lipinski definition) is 2. The van der Waals surface area contributed by atoms with Crippen molar-refractivity contribution in [1.82, 2.24) is 15.5 Å². The van der Waals surface area contributed by atoms with E-state index in [1.807, 2.05) is 50.2 Å². The highest BCUT2D eigenvalue weighted by Crippen LogP contribution is 2.27. The first-order valence-electron chi connectivity index (χ1n) is 9.19. The van der Waals surface area contributed by atoms with Gasteiger partial charge in [-0.25, -0.2) is 0 Å². The molecule has 2 rings (SSSR count). The summed E-state index contributed by atoms with van der Waals surface area (Å²) in [7, 11) is 5.38. The molecule has 26 heavy (non-hydrogen) atoms. The van der Waals surface area contributed by atoms with Crippen molar-refractivity contribution in [2.45, 2.75) is 44.9 Å². The number of benzene rings is 1. The van der Waals surface area contributed by atoms with E-state index >= 15 is 0 Å². The van der Waals surface area contributed by atoms with Crippen molar-refractivity contribution in [1.29, 1.82) is 0 Å². The highest BCUT2D eigenvalue weighted by Gasteiger charge is 2.34. The highest BCUT2D eigenvalue weighted by molar-refractivity contribution is 5.80. The maximum atomic E-state index is 12.6. The molecular weight excluding hydrogens is 330 g/mol. The van der Waals surface area contributed by atoms with Crippen molar-refractivity contribution in [3.8, 4) is 0 Å². The molecule has 2 N–H and O–H groups in total.